The van der Waals surface area contributed by atoms with Crippen molar-refractivity contribution in [3.63, 3.8) is 0 Å². The highest BCUT2D eigenvalue weighted by molar-refractivity contribution is 5.13. The highest BCUT2D eigenvalue weighted by Crippen LogP contribution is 2.09. The number of hydrogen-bond donors (Lipinski definition) is 1. The molecular formula is C14H24N4. The Morgan fingerprint density at radius 3 is 2.56 bits per heavy atom. The summed E-state index contributed by atoms with van der Waals surface area (Å²) in [5.74, 6) is 0. The van der Waals surface area contributed by atoms with E-state index in [1.807, 2.05) is 12.4 Å². The van der Waals surface area contributed by atoms with E-state index in [2.05, 4.69) is 46.2 Å². The van der Waals surface area contributed by atoms with Crippen LogP contribution < -0.4 is 5.32 Å². The summed E-state index contributed by atoms with van der Waals surface area (Å²) in [5, 5.41) is 3.57. The quantitative estimate of drug-likeness (QED) is 0.842. The fourth-order valence-corrected chi connectivity index (χ4v) is 2.28. The number of likely N-dealkylation sites (N-methyl/N-ethyl adjacent to an activating group) is 1. The van der Waals surface area contributed by atoms with E-state index in [0.29, 0.717) is 6.04 Å². The minimum absolute atomic E-state index is 0.403. The Morgan fingerprint density at radius 2 is 1.89 bits per heavy atom. The molecule has 1 aromatic heterocycles. The van der Waals surface area contributed by atoms with E-state index < -0.39 is 0 Å². The molecule has 1 atom stereocenters. The molecule has 1 fully saturated rings. The van der Waals surface area contributed by atoms with Gasteiger partial charge in [0.1, 0.15) is 0 Å². The SMILES string of the molecule is CC(NCCN1CCN(C)CC1)c1ccncc1. The average molecular weight is 248 g/mol. The lowest BCUT2D eigenvalue weighted by molar-refractivity contribution is 0.154. The van der Waals surface area contributed by atoms with Gasteiger partial charge < -0.3 is 10.2 Å². The number of nitrogens with one attached hydrogen (secondary N) is 1. The van der Waals surface area contributed by atoms with Gasteiger partial charge in [-0.25, -0.2) is 0 Å². The van der Waals surface area contributed by atoms with Crippen LogP contribution in [0.1, 0.15) is 18.5 Å². The Hall–Kier alpha value is -0.970. The maximum atomic E-state index is 4.05. The van der Waals surface area contributed by atoms with E-state index in [4.69, 9.17) is 0 Å². The molecule has 0 amide bonds. The molecule has 18 heavy (non-hydrogen) atoms. The fraction of sp³-hybridized carbons (Fsp3) is 0.643. The van der Waals surface area contributed by atoms with Gasteiger partial charge in [0.15, 0.2) is 0 Å². The van der Waals surface area contributed by atoms with Gasteiger partial charge >= 0.3 is 0 Å². The Bertz CT molecular complexity index is 333. The lowest BCUT2D eigenvalue weighted by Gasteiger charge is -2.32. The summed E-state index contributed by atoms with van der Waals surface area (Å²) in [6.07, 6.45) is 3.71. The summed E-state index contributed by atoms with van der Waals surface area (Å²) in [7, 11) is 2.20. The third-order valence-corrected chi connectivity index (χ3v) is 3.68. The zero-order valence-electron chi connectivity index (χ0n) is 11.5. The van der Waals surface area contributed by atoms with E-state index >= 15 is 0 Å². The van der Waals surface area contributed by atoms with Crippen LogP contribution in [0.3, 0.4) is 0 Å². The number of rotatable bonds is 5. The maximum Gasteiger partial charge on any atom is 0.0293 e. The van der Waals surface area contributed by atoms with Crippen molar-refractivity contribution in [2.45, 2.75) is 13.0 Å². The predicted molar refractivity (Wildman–Crippen MR) is 74.6 cm³/mol. The predicted octanol–water partition coefficient (Wildman–Crippen LogP) is 0.980. The first-order valence-corrected chi connectivity index (χ1v) is 6.80. The van der Waals surface area contributed by atoms with E-state index in [1.54, 1.807) is 0 Å². The highest BCUT2D eigenvalue weighted by atomic mass is 15.2. The Balaban J connectivity index is 1.66. The first-order chi connectivity index (χ1) is 8.75. The Labute approximate surface area is 110 Å². The van der Waals surface area contributed by atoms with E-state index in [0.717, 1.165) is 13.1 Å². The van der Waals surface area contributed by atoms with Gasteiger partial charge in [0.25, 0.3) is 0 Å². The lowest BCUT2D eigenvalue weighted by atomic mass is 10.1. The minimum atomic E-state index is 0.403. The molecule has 1 aromatic rings. The molecule has 0 spiro atoms. The van der Waals surface area contributed by atoms with Crippen molar-refractivity contribution in [3.05, 3.63) is 30.1 Å². The second-order valence-corrected chi connectivity index (χ2v) is 5.10. The minimum Gasteiger partial charge on any atom is -0.309 e. The smallest absolute Gasteiger partial charge is 0.0293 e. The molecule has 1 N–H and O–H groups in total. The van der Waals surface area contributed by atoms with Crippen molar-refractivity contribution in [2.24, 2.45) is 0 Å². The van der Waals surface area contributed by atoms with Crippen molar-refractivity contribution < 1.29 is 0 Å². The van der Waals surface area contributed by atoms with Crippen LogP contribution in [-0.2, 0) is 0 Å². The van der Waals surface area contributed by atoms with Crippen LogP contribution in [0, 0.1) is 0 Å². The third kappa shape index (κ3) is 4.05. The lowest BCUT2D eigenvalue weighted by Crippen LogP contribution is -2.46. The number of nitrogens with zero attached hydrogens (tertiary/aromatic N) is 3. The summed E-state index contributed by atoms with van der Waals surface area (Å²) in [5.41, 5.74) is 1.31. The molecule has 100 valence electrons. The van der Waals surface area contributed by atoms with Crippen LogP contribution in [0.15, 0.2) is 24.5 Å². The van der Waals surface area contributed by atoms with Crippen molar-refractivity contribution in [1.29, 1.82) is 0 Å². The summed E-state index contributed by atoms with van der Waals surface area (Å²) >= 11 is 0. The first-order valence-electron chi connectivity index (χ1n) is 6.80. The molecule has 1 aliphatic rings. The Morgan fingerprint density at radius 1 is 1.22 bits per heavy atom. The average Bonchev–Trinajstić information content (AvgIpc) is 2.42. The van der Waals surface area contributed by atoms with Crippen LogP contribution in [0.5, 0.6) is 0 Å². The van der Waals surface area contributed by atoms with Gasteiger partial charge in [0.05, 0.1) is 0 Å². The van der Waals surface area contributed by atoms with Gasteiger partial charge in [-0.15, -0.1) is 0 Å². The fourth-order valence-electron chi connectivity index (χ4n) is 2.28. The largest absolute Gasteiger partial charge is 0.309 e. The van der Waals surface area contributed by atoms with Crippen molar-refractivity contribution in [1.82, 2.24) is 20.1 Å². The number of piperazine rings is 1. The molecule has 0 bridgehead atoms. The molecule has 4 nitrogen and oxygen atoms in total. The molecular weight excluding hydrogens is 224 g/mol. The molecule has 1 unspecified atom stereocenters. The highest BCUT2D eigenvalue weighted by Gasteiger charge is 2.13. The van der Waals surface area contributed by atoms with Gasteiger partial charge in [-0.1, -0.05) is 0 Å². The monoisotopic (exact) mass is 248 g/mol. The van der Waals surface area contributed by atoms with Gasteiger partial charge in [-0.3, -0.25) is 9.88 Å². The second-order valence-electron chi connectivity index (χ2n) is 5.10. The molecule has 1 aliphatic heterocycles. The van der Waals surface area contributed by atoms with Crippen LogP contribution in [0.4, 0.5) is 0 Å². The molecule has 4 heteroatoms. The van der Waals surface area contributed by atoms with Crippen molar-refractivity contribution in [3.8, 4) is 0 Å². The van der Waals surface area contributed by atoms with Crippen LogP contribution >= 0.6 is 0 Å². The Kier molecular flexibility index (Phi) is 5.11. The standard InChI is InChI=1S/C14H24N4/c1-13(14-3-5-15-6-4-14)16-7-8-18-11-9-17(2)10-12-18/h3-6,13,16H,7-12H2,1-2H3. The van der Waals surface area contributed by atoms with Gasteiger partial charge in [-0.05, 0) is 31.7 Å². The summed E-state index contributed by atoms with van der Waals surface area (Å²) < 4.78 is 0. The number of aromatic nitrogens is 1. The summed E-state index contributed by atoms with van der Waals surface area (Å²) in [6.45, 7) is 9.18. The summed E-state index contributed by atoms with van der Waals surface area (Å²) in [6, 6.07) is 4.56. The molecule has 0 radical (unpaired) electrons. The first kappa shape index (κ1) is 13.5. The second kappa shape index (κ2) is 6.83. The number of hydrogen-bond acceptors (Lipinski definition) is 4. The van der Waals surface area contributed by atoms with Crippen molar-refractivity contribution in [2.75, 3.05) is 46.3 Å². The van der Waals surface area contributed by atoms with E-state index in [1.165, 1.54) is 31.7 Å². The van der Waals surface area contributed by atoms with Crippen LogP contribution in [0.25, 0.3) is 0 Å². The summed E-state index contributed by atoms with van der Waals surface area (Å²) in [4.78, 5) is 8.97. The molecule has 0 aliphatic carbocycles. The van der Waals surface area contributed by atoms with Gasteiger partial charge in [0, 0.05) is 57.7 Å². The normalized spacial score (nSPS) is 19.9. The molecule has 1 saturated heterocycles. The van der Waals surface area contributed by atoms with Crippen LogP contribution in [-0.4, -0.2) is 61.1 Å². The number of pyridine rings is 1. The topological polar surface area (TPSA) is 31.4 Å². The van der Waals surface area contributed by atoms with Crippen LogP contribution in [0.2, 0.25) is 0 Å². The van der Waals surface area contributed by atoms with Gasteiger partial charge in [-0.2, -0.15) is 0 Å². The zero-order valence-corrected chi connectivity index (χ0v) is 11.5. The molecule has 0 saturated carbocycles. The van der Waals surface area contributed by atoms with E-state index in [-0.39, 0.29) is 0 Å². The molecule has 0 aromatic carbocycles. The zero-order chi connectivity index (χ0) is 12.8. The molecule has 2 heterocycles. The third-order valence-electron chi connectivity index (χ3n) is 3.68. The van der Waals surface area contributed by atoms with Crippen molar-refractivity contribution >= 4 is 0 Å². The van der Waals surface area contributed by atoms with E-state index in [9.17, 15) is 0 Å². The van der Waals surface area contributed by atoms with Gasteiger partial charge in [0.2, 0.25) is 0 Å². The molecule has 2 rings (SSSR count). The maximum absolute atomic E-state index is 4.05.